The summed E-state index contributed by atoms with van der Waals surface area (Å²) in [4.78, 5) is 3.82. The Hall–Kier alpha value is -1.22. The van der Waals surface area contributed by atoms with Crippen molar-refractivity contribution in [3.63, 3.8) is 0 Å². The number of nitrogens with zero attached hydrogens (tertiary/aromatic N) is 1. The van der Waals surface area contributed by atoms with Gasteiger partial charge < -0.3 is 16.2 Å². The van der Waals surface area contributed by atoms with Crippen molar-refractivity contribution in [3.8, 4) is 0 Å². The molecule has 17 heavy (non-hydrogen) atoms. The molecule has 2 atom stereocenters. The molecule has 0 amide bonds. The van der Waals surface area contributed by atoms with Gasteiger partial charge in [-0.25, -0.2) is 18.5 Å². The van der Waals surface area contributed by atoms with Crippen LogP contribution in [0.2, 0.25) is 0 Å². The van der Waals surface area contributed by atoms with Crippen molar-refractivity contribution in [2.75, 3.05) is 11.9 Å². The fourth-order valence-electron chi connectivity index (χ4n) is 1.05. The zero-order valence-corrected chi connectivity index (χ0v) is 10.2. The smallest absolute Gasteiger partial charge is 0.239 e. The van der Waals surface area contributed by atoms with Gasteiger partial charge in [-0.2, -0.15) is 0 Å². The predicted molar refractivity (Wildman–Crippen MR) is 63.8 cm³/mol. The van der Waals surface area contributed by atoms with E-state index in [1.54, 1.807) is 6.92 Å². The van der Waals surface area contributed by atoms with Gasteiger partial charge >= 0.3 is 0 Å². The van der Waals surface area contributed by atoms with E-state index >= 15 is 0 Å². The minimum absolute atomic E-state index is 0.0529. The quantitative estimate of drug-likeness (QED) is 0.528. The summed E-state index contributed by atoms with van der Waals surface area (Å²) in [5.74, 6) is 0.466. The Balaban J connectivity index is 2.64. The maximum Gasteiger partial charge on any atom is 0.239 e. The van der Waals surface area contributed by atoms with Crippen LogP contribution in [-0.2, 0) is 10.0 Å². The molecule has 96 valence electrons. The lowest BCUT2D eigenvalue weighted by Crippen LogP contribution is -2.38. The maximum atomic E-state index is 11.0. The number of hydrogen-bond donors (Lipinski definition) is 4. The summed E-state index contributed by atoms with van der Waals surface area (Å²) in [6.45, 7) is 1.92. The molecule has 0 radical (unpaired) electrons. The SMILES string of the molecule is CC(O)C(N)CNc1ccc(S(N)(=O)=O)cn1. The molecule has 0 spiro atoms. The van der Waals surface area contributed by atoms with Crippen LogP contribution in [0.3, 0.4) is 0 Å². The van der Waals surface area contributed by atoms with Crippen LogP contribution in [-0.4, -0.2) is 37.2 Å². The molecule has 8 heteroatoms. The van der Waals surface area contributed by atoms with Gasteiger partial charge in [0.1, 0.15) is 10.7 Å². The highest BCUT2D eigenvalue weighted by atomic mass is 32.2. The van der Waals surface area contributed by atoms with Crippen LogP contribution in [0.4, 0.5) is 5.82 Å². The Labute approximate surface area is 99.9 Å². The van der Waals surface area contributed by atoms with Gasteiger partial charge in [-0.1, -0.05) is 0 Å². The molecule has 1 aromatic heterocycles. The summed E-state index contributed by atoms with van der Waals surface area (Å²) in [5.41, 5.74) is 5.61. The summed E-state index contributed by atoms with van der Waals surface area (Å²) in [5, 5.41) is 17.0. The van der Waals surface area contributed by atoms with Crippen LogP contribution in [0.15, 0.2) is 23.2 Å². The number of sulfonamides is 1. The minimum Gasteiger partial charge on any atom is -0.392 e. The van der Waals surface area contributed by atoms with Gasteiger partial charge in [0.05, 0.1) is 6.10 Å². The minimum atomic E-state index is -3.72. The molecule has 2 unspecified atom stereocenters. The van der Waals surface area contributed by atoms with Crippen LogP contribution >= 0.6 is 0 Å². The van der Waals surface area contributed by atoms with Crippen molar-refractivity contribution in [1.82, 2.24) is 4.98 Å². The van der Waals surface area contributed by atoms with Crippen LogP contribution in [0, 0.1) is 0 Å². The Bertz CT molecular complexity index is 458. The van der Waals surface area contributed by atoms with Gasteiger partial charge in [0.15, 0.2) is 0 Å². The summed E-state index contributed by atoms with van der Waals surface area (Å²) in [7, 11) is -3.72. The van der Waals surface area contributed by atoms with Crippen LogP contribution in [0.1, 0.15) is 6.92 Å². The average Bonchev–Trinajstić information content (AvgIpc) is 2.25. The third kappa shape index (κ3) is 4.27. The monoisotopic (exact) mass is 260 g/mol. The van der Waals surface area contributed by atoms with E-state index in [1.165, 1.54) is 12.1 Å². The number of rotatable bonds is 5. The van der Waals surface area contributed by atoms with E-state index in [1.807, 2.05) is 0 Å². The molecule has 0 fully saturated rings. The second-order valence-electron chi connectivity index (χ2n) is 3.71. The topological polar surface area (TPSA) is 131 Å². The third-order valence-electron chi connectivity index (χ3n) is 2.20. The van der Waals surface area contributed by atoms with E-state index in [0.29, 0.717) is 12.4 Å². The van der Waals surface area contributed by atoms with E-state index in [9.17, 15) is 8.42 Å². The standard InChI is InChI=1S/C9H16N4O3S/c1-6(14)8(10)5-13-9-3-2-7(4-12-9)17(11,15)16/h2-4,6,8,14H,5,10H2,1H3,(H,12,13)(H2,11,15,16). The summed E-state index contributed by atoms with van der Waals surface area (Å²) < 4.78 is 21.9. The zero-order valence-electron chi connectivity index (χ0n) is 9.37. The molecule has 7 nitrogen and oxygen atoms in total. The molecular formula is C9H16N4O3S. The van der Waals surface area contributed by atoms with Gasteiger partial charge in [-0.15, -0.1) is 0 Å². The number of nitrogens with two attached hydrogens (primary N) is 2. The summed E-state index contributed by atoms with van der Waals surface area (Å²) >= 11 is 0. The third-order valence-corrected chi connectivity index (χ3v) is 3.10. The lowest BCUT2D eigenvalue weighted by atomic mass is 10.2. The van der Waals surface area contributed by atoms with Gasteiger partial charge in [-0.05, 0) is 19.1 Å². The number of aromatic nitrogens is 1. The number of hydrogen-bond acceptors (Lipinski definition) is 6. The Kier molecular flexibility index (Phi) is 4.40. The first kappa shape index (κ1) is 13.8. The number of anilines is 1. The van der Waals surface area contributed by atoms with Crippen molar-refractivity contribution < 1.29 is 13.5 Å². The molecule has 0 bridgehead atoms. The molecule has 0 saturated heterocycles. The summed E-state index contributed by atoms with van der Waals surface area (Å²) in [6, 6.07) is 2.40. The first-order chi connectivity index (χ1) is 7.80. The highest BCUT2D eigenvalue weighted by molar-refractivity contribution is 7.89. The lowest BCUT2D eigenvalue weighted by Gasteiger charge is -2.15. The maximum absolute atomic E-state index is 11.0. The molecule has 0 aromatic carbocycles. The number of nitrogens with one attached hydrogen (secondary N) is 1. The van der Waals surface area contributed by atoms with E-state index in [0.717, 1.165) is 6.20 Å². The van der Waals surface area contributed by atoms with Crippen LogP contribution in [0.25, 0.3) is 0 Å². The lowest BCUT2D eigenvalue weighted by molar-refractivity contribution is 0.168. The molecule has 1 aromatic rings. The second-order valence-corrected chi connectivity index (χ2v) is 5.27. The van der Waals surface area contributed by atoms with Crippen molar-refractivity contribution in [3.05, 3.63) is 18.3 Å². The van der Waals surface area contributed by atoms with Gasteiger partial charge in [-0.3, -0.25) is 0 Å². The van der Waals surface area contributed by atoms with E-state index < -0.39 is 22.2 Å². The van der Waals surface area contributed by atoms with Crippen molar-refractivity contribution in [2.45, 2.75) is 24.0 Å². The van der Waals surface area contributed by atoms with E-state index in [2.05, 4.69) is 10.3 Å². The van der Waals surface area contributed by atoms with Crippen molar-refractivity contribution in [2.24, 2.45) is 10.9 Å². The highest BCUT2D eigenvalue weighted by Gasteiger charge is 2.10. The molecule has 0 aliphatic rings. The first-order valence-corrected chi connectivity index (χ1v) is 6.51. The van der Waals surface area contributed by atoms with E-state index in [-0.39, 0.29) is 4.90 Å². The number of pyridine rings is 1. The molecule has 6 N–H and O–H groups in total. The first-order valence-electron chi connectivity index (χ1n) is 4.97. The number of primary sulfonamides is 1. The molecule has 1 rings (SSSR count). The van der Waals surface area contributed by atoms with Crippen LogP contribution in [0.5, 0.6) is 0 Å². The Morgan fingerprint density at radius 2 is 2.18 bits per heavy atom. The normalized spacial score (nSPS) is 15.3. The predicted octanol–water partition coefficient (Wildman–Crippen LogP) is -1.15. The van der Waals surface area contributed by atoms with Crippen LogP contribution < -0.4 is 16.2 Å². The number of aliphatic hydroxyl groups is 1. The molecule has 0 aliphatic carbocycles. The molecule has 1 heterocycles. The Morgan fingerprint density at radius 3 is 2.59 bits per heavy atom. The Morgan fingerprint density at radius 1 is 1.53 bits per heavy atom. The summed E-state index contributed by atoms with van der Waals surface area (Å²) in [6.07, 6.45) is 0.525. The fraction of sp³-hybridized carbons (Fsp3) is 0.444. The number of aliphatic hydroxyl groups excluding tert-OH is 1. The molecule has 0 aliphatic heterocycles. The largest absolute Gasteiger partial charge is 0.392 e. The highest BCUT2D eigenvalue weighted by Crippen LogP contribution is 2.08. The van der Waals surface area contributed by atoms with Crippen molar-refractivity contribution >= 4 is 15.8 Å². The van der Waals surface area contributed by atoms with Gasteiger partial charge in [0.2, 0.25) is 10.0 Å². The van der Waals surface area contributed by atoms with Crippen molar-refractivity contribution in [1.29, 1.82) is 0 Å². The zero-order chi connectivity index (χ0) is 13.1. The molecular weight excluding hydrogens is 244 g/mol. The van der Waals surface area contributed by atoms with Gasteiger partial charge in [0, 0.05) is 18.8 Å². The fourth-order valence-corrected chi connectivity index (χ4v) is 1.50. The molecule has 0 saturated carbocycles. The second kappa shape index (κ2) is 5.41. The van der Waals surface area contributed by atoms with Gasteiger partial charge in [0.25, 0.3) is 0 Å². The average molecular weight is 260 g/mol. The van der Waals surface area contributed by atoms with E-state index in [4.69, 9.17) is 16.0 Å².